The molecule has 0 bridgehead atoms. The predicted octanol–water partition coefficient (Wildman–Crippen LogP) is 0.911. The second kappa shape index (κ2) is 3.77. The van der Waals surface area contributed by atoms with Crippen LogP contribution < -0.4 is 5.32 Å². The standard InChI is InChI=1S/C10H13N3O/c1-7-12-9-3-2-8(5-11-6-14)4-10(9)13-7/h2-4,11,14H,5-6H2,1H3,(H,12,13). The van der Waals surface area contributed by atoms with Crippen molar-refractivity contribution in [3.05, 3.63) is 29.6 Å². The predicted molar refractivity (Wildman–Crippen MR) is 54.8 cm³/mol. The molecule has 2 rings (SSSR count). The number of aliphatic hydroxyl groups excluding tert-OH is 1. The molecule has 1 heterocycles. The smallest absolute Gasteiger partial charge is 0.104 e. The van der Waals surface area contributed by atoms with Gasteiger partial charge in [-0.3, -0.25) is 5.32 Å². The number of hydrogen-bond acceptors (Lipinski definition) is 3. The van der Waals surface area contributed by atoms with E-state index in [1.54, 1.807) is 0 Å². The second-order valence-corrected chi connectivity index (χ2v) is 3.26. The van der Waals surface area contributed by atoms with E-state index in [9.17, 15) is 0 Å². The van der Waals surface area contributed by atoms with Crippen molar-refractivity contribution in [3.63, 3.8) is 0 Å². The first-order valence-electron chi connectivity index (χ1n) is 4.56. The molecular weight excluding hydrogens is 178 g/mol. The van der Waals surface area contributed by atoms with Crippen molar-refractivity contribution < 1.29 is 5.11 Å². The summed E-state index contributed by atoms with van der Waals surface area (Å²) in [6, 6.07) is 6.02. The van der Waals surface area contributed by atoms with Crippen LogP contribution in [0.5, 0.6) is 0 Å². The van der Waals surface area contributed by atoms with E-state index in [2.05, 4.69) is 15.3 Å². The third-order valence-corrected chi connectivity index (χ3v) is 2.11. The number of aliphatic hydroxyl groups is 1. The lowest BCUT2D eigenvalue weighted by Gasteiger charge is -2.00. The zero-order valence-corrected chi connectivity index (χ0v) is 8.04. The van der Waals surface area contributed by atoms with Crippen LogP contribution in [-0.2, 0) is 6.54 Å². The van der Waals surface area contributed by atoms with Gasteiger partial charge in [0, 0.05) is 6.54 Å². The molecule has 4 nitrogen and oxygen atoms in total. The van der Waals surface area contributed by atoms with Crippen molar-refractivity contribution in [1.29, 1.82) is 0 Å². The van der Waals surface area contributed by atoms with Gasteiger partial charge >= 0.3 is 0 Å². The zero-order valence-electron chi connectivity index (χ0n) is 8.04. The fraction of sp³-hybridized carbons (Fsp3) is 0.300. The molecule has 14 heavy (non-hydrogen) atoms. The summed E-state index contributed by atoms with van der Waals surface area (Å²) in [5.41, 5.74) is 3.16. The fourth-order valence-corrected chi connectivity index (χ4v) is 1.49. The normalized spacial score (nSPS) is 11.0. The molecule has 0 saturated carbocycles. The molecule has 0 aliphatic rings. The molecule has 74 valence electrons. The Hall–Kier alpha value is -1.39. The monoisotopic (exact) mass is 191 g/mol. The number of hydrogen-bond donors (Lipinski definition) is 3. The Morgan fingerprint density at radius 1 is 1.50 bits per heavy atom. The van der Waals surface area contributed by atoms with Crippen LogP contribution in [0.4, 0.5) is 0 Å². The van der Waals surface area contributed by atoms with Gasteiger partial charge in [0.1, 0.15) is 5.82 Å². The molecule has 0 fully saturated rings. The minimum absolute atomic E-state index is 0.0000408. The molecule has 0 atom stereocenters. The Bertz CT molecular complexity index is 436. The lowest BCUT2D eigenvalue weighted by molar-refractivity contribution is 0.259. The van der Waals surface area contributed by atoms with E-state index in [4.69, 9.17) is 5.11 Å². The average Bonchev–Trinajstić information content (AvgIpc) is 2.54. The van der Waals surface area contributed by atoms with E-state index < -0.39 is 0 Å². The SMILES string of the molecule is Cc1nc2ccc(CNCO)cc2[nH]1. The summed E-state index contributed by atoms with van der Waals surface area (Å²) in [6.07, 6.45) is 0. The maximum atomic E-state index is 8.61. The van der Waals surface area contributed by atoms with Crippen LogP contribution in [0.1, 0.15) is 11.4 Å². The summed E-state index contributed by atoms with van der Waals surface area (Å²) in [5, 5.41) is 11.5. The van der Waals surface area contributed by atoms with Gasteiger partial charge in [0.15, 0.2) is 0 Å². The third kappa shape index (κ3) is 1.76. The first-order chi connectivity index (χ1) is 6.79. The van der Waals surface area contributed by atoms with Crippen LogP contribution in [0.25, 0.3) is 11.0 Å². The molecule has 1 aromatic heterocycles. The second-order valence-electron chi connectivity index (χ2n) is 3.26. The summed E-state index contributed by atoms with van der Waals surface area (Å²) < 4.78 is 0. The molecule has 0 radical (unpaired) electrons. The molecule has 0 unspecified atom stereocenters. The van der Waals surface area contributed by atoms with Gasteiger partial charge in [0.2, 0.25) is 0 Å². The molecule has 0 amide bonds. The van der Waals surface area contributed by atoms with E-state index in [1.165, 1.54) is 0 Å². The number of benzene rings is 1. The molecule has 0 aliphatic carbocycles. The summed E-state index contributed by atoms with van der Waals surface area (Å²) in [4.78, 5) is 7.48. The molecule has 2 aromatic rings. The minimum Gasteiger partial charge on any atom is -0.381 e. The highest BCUT2D eigenvalue weighted by molar-refractivity contribution is 5.75. The Morgan fingerprint density at radius 3 is 3.14 bits per heavy atom. The van der Waals surface area contributed by atoms with Gasteiger partial charge in [-0.25, -0.2) is 4.98 Å². The number of aromatic amines is 1. The molecular formula is C10H13N3O. The topological polar surface area (TPSA) is 60.9 Å². The number of aromatic nitrogens is 2. The first kappa shape index (κ1) is 9.18. The number of nitrogens with zero attached hydrogens (tertiary/aromatic N) is 1. The van der Waals surface area contributed by atoms with Gasteiger partial charge in [-0.1, -0.05) is 6.07 Å². The van der Waals surface area contributed by atoms with Crippen molar-refractivity contribution in [3.8, 4) is 0 Å². The first-order valence-corrected chi connectivity index (χ1v) is 4.56. The number of aryl methyl sites for hydroxylation is 1. The van der Waals surface area contributed by atoms with Crippen molar-refractivity contribution >= 4 is 11.0 Å². The number of fused-ring (bicyclic) bond motifs is 1. The maximum Gasteiger partial charge on any atom is 0.104 e. The highest BCUT2D eigenvalue weighted by atomic mass is 16.3. The van der Waals surface area contributed by atoms with E-state index in [0.29, 0.717) is 6.54 Å². The van der Waals surface area contributed by atoms with Gasteiger partial charge in [-0.15, -0.1) is 0 Å². The Morgan fingerprint density at radius 2 is 2.36 bits per heavy atom. The van der Waals surface area contributed by atoms with Crippen molar-refractivity contribution in [2.24, 2.45) is 0 Å². The summed E-state index contributed by atoms with van der Waals surface area (Å²) >= 11 is 0. The van der Waals surface area contributed by atoms with Crippen LogP contribution in [0.15, 0.2) is 18.2 Å². The van der Waals surface area contributed by atoms with Crippen molar-refractivity contribution in [2.75, 3.05) is 6.73 Å². The maximum absolute atomic E-state index is 8.61. The molecule has 4 heteroatoms. The summed E-state index contributed by atoms with van der Waals surface area (Å²) in [6.45, 7) is 2.61. The third-order valence-electron chi connectivity index (χ3n) is 2.11. The van der Waals surface area contributed by atoms with Crippen LogP contribution in [-0.4, -0.2) is 21.8 Å². The van der Waals surface area contributed by atoms with Gasteiger partial charge in [0.05, 0.1) is 17.8 Å². The minimum atomic E-state index is 0.0000408. The summed E-state index contributed by atoms with van der Waals surface area (Å²) in [5.74, 6) is 0.923. The van der Waals surface area contributed by atoms with Crippen LogP contribution in [0.2, 0.25) is 0 Å². The van der Waals surface area contributed by atoms with Gasteiger partial charge < -0.3 is 10.1 Å². The van der Waals surface area contributed by atoms with Crippen molar-refractivity contribution in [2.45, 2.75) is 13.5 Å². The summed E-state index contributed by atoms with van der Waals surface area (Å²) in [7, 11) is 0. The average molecular weight is 191 g/mol. The largest absolute Gasteiger partial charge is 0.381 e. The molecule has 0 saturated heterocycles. The quantitative estimate of drug-likeness (QED) is 0.632. The van der Waals surface area contributed by atoms with Gasteiger partial charge in [-0.2, -0.15) is 0 Å². The fourth-order valence-electron chi connectivity index (χ4n) is 1.49. The molecule has 0 aliphatic heterocycles. The van der Waals surface area contributed by atoms with E-state index in [0.717, 1.165) is 22.4 Å². The van der Waals surface area contributed by atoms with Crippen LogP contribution in [0, 0.1) is 6.92 Å². The van der Waals surface area contributed by atoms with E-state index >= 15 is 0 Å². The molecule has 0 spiro atoms. The Kier molecular flexibility index (Phi) is 2.47. The number of rotatable bonds is 3. The van der Waals surface area contributed by atoms with Crippen LogP contribution >= 0.6 is 0 Å². The lowest BCUT2D eigenvalue weighted by Crippen LogP contribution is -2.13. The lowest BCUT2D eigenvalue weighted by atomic mass is 10.2. The highest BCUT2D eigenvalue weighted by Crippen LogP contribution is 2.13. The Labute approximate surface area is 82.0 Å². The van der Waals surface area contributed by atoms with Crippen LogP contribution in [0.3, 0.4) is 0 Å². The molecule has 1 aromatic carbocycles. The molecule has 3 N–H and O–H groups in total. The zero-order chi connectivity index (χ0) is 9.97. The van der Waals surface area contributed by atoms with E-state index in [1.807, 2.05) is 25.1 Å². The number of nitrogens with one attached hydrogen (secondary N) is 2. The van der Waals surface area contributed by atoms with Gasteiger partial charge in [0.25, 0.3) is 0 Å². The van der Waals surface area contributed by atoms with Gasteiger partial charge in [-0.05, 0) is 24.6 Å². The van der Waals surface area contributed by atoms with Crippen molar-refractivity contribution in [1.82, 2.24) is 15.3 Å². The Balaban J connectivity index is 2.31. The number of H-pyrrole nitrogens is 1. The van der Waals surface area contributed by atoms with E-state index in [-0.39, 0.29) is 6.73 Å². The highest BCUT2D eigenvalue weighted by Gasteiger charge is 1.99. The number of imidazole rings is 1.